The number of nitrogens with one attached hydrogen (secondary N) is 1. The summed E-state index contributed by atoms with van der Waals surface area (Å²) in [6.45, 7) is 6.31. The van der Waals surface area contributed by atoms with E-state index in [1.807, 2.05) is 42.5 Å². The molecule has 0 bridgehead atoms. The molecule has 0 radical (unpaired) electrons. The molecule has 1 amide bonds. The predicted octanol–water partition coefficient (Wildman–Crippen LogP) is 3.63. The number of carbonyl (C=O) groups excluding carboxylic acids is 2. The summed E-state index contributed by atoms with van der Waals surface area (Å²) in [5.74, 6) is -0.655. The highest BCUT2D eigenvalue weighted by atomic mass is 16.5. The Hall–Kier alpha value is -3.22. The zero-order valence-corrected chi connectivity index (χ0v) is 18.2. The van der Waals surface area contributed by atoms with Gasteiger partial charge in [0.05, 0.1) is 0 Å². The molecule has 1 heterocycles. The fourth-order valence-electron chi connectivity index (χ4n) is 3.71. The van der Waals surface area contributed by atoms with E-state index < -0.39 is 5.91 Å². The number of carbonyl (C=O) groups is 2. The van der Waals surface area contributed by atoms with Gasteiger partial charge in [-0.1, -0.05) is 36.4 Å². The maximum atomic E-state index is 12.8. The van der Waals surface area contributed by atoms with Gasteiger partial charge in [-0.2, -0.15) is 0 Å². The molecule has 2 aromatic carbocycles. The van der Waals surface area contributed by atoms with E-state index in [0.717, 1.165) is 29.9 Å². The van der Waals surface area contributed by atoms with E-state index in [-0.39, 0.29) is 5.78 Å². The number of hydrogen-bond acceptors (Lipinski definition) is 5. The zero-order chi connectivity index (χ0) is 22.4. The van der Waals surface area contributed by atoms with Crippen LogP contribution < -0.4 is 10.4 Å². The molecule has 2 N–H and O–H groups in total. The van der Waals surface area contributed by atoms with Crippen LogP contribution in [0.4, 0.5) is 5.69 Å². The van der Waals surface area contributed by atoms with Crippen molar-refractivity contribution in [1.82, 2.24) is 10.4 Å². The summed E-state index contributed by atoms with van der Waals surface area (Å²) in [5.41, 5.74) is 4.91. The van der Waals surface area contributed by atoms with Crippen molar-refractivity contribution in [3.63, 3.8) is 0 Å². The molecule has 0 aliphatic carbocycles. The fraction of sp³-hybridized carbons (Fsp3) is 0.280. The van der Waals surface area contributed by atoms with E-state index in [2.05, 4.69) is 36.8 Å². The van der Waals surface area contributed by atoms with E-state index in [1.165, 1.54) is 6.08 Å². The molecule has 6 nitrogen and oxygen atoms in total. The Morgan fingerprint density at radius 3 is 2.23 bits per heavy atom. The Labute approximate surface area is 183 Å². The van der Waals surface area contributed by atoms with E-state index in [1.54, 1.807) is 23.7 Å². The Kier molecular flexibility index (Phi) is 7.39. The maximum Gasteiger partial charge on any atom is 0.267 e. The molecule has 2 atom stereocenters. The van der Waals surface area contributed by atoms with Crippen LogP contribution in [0.25, 0.3) is 12.2 Å². The summed E-state index contributed by atoms with van der Waals surface area (Å²) in [5, 5.41) is 8.56. The van der Waals surface area contributed by atoms with Gasteiger partial charge in [-0.15, -0.1) is 0 Å². The number of piperazine rings is 1. The van der Waals surface area contributed by atoms with Crippen LogP contribution in [-0.4, -0.2) is 54.0 Å². The number of allylic oxidation sites excluding steroid dienone is 1. The molecule has 6 heteroatoms. The second-order valence-electron chi connectivity index (χ2n) is 8.00. The monoisotopic (exact) mass is 419 g/mol. The minimum atomic E-state index is -0.597. The van der Waals surface area contributed by atoms with E-state index in [4.69, 9.17) is 5.21 Å². The normalized spacial score (nSPS) is 19.8. The van der Waals surface area contributed by atoms with E-state index in [9.17, 15) is 9.59 Å². The highest BCUT2D eigenvalue weighted by Gasteiger charge is 2.26. The van der Waals surface area contributed by atoms with Crippen molar-refractivity contribution in [3.8, 4) is 0 Å². The van der Waals surface area contributed by atoms with Crippen molar-refractivity contribution < 1.29 is 14.8 Å². The lowest BCUT2D eigenvalue weighted by molar-refractivity contribution is -0.124. The summed E-state index contributed by atoms with van der Waals surface area (Å²) in [7, 11) is 2.16. The molecular formula is C25H29N3O3. The van der Waals surface area contributed by atoms with Gasteiger partial charge in [0.1, 0.15) is 0 Å². The van der Waals surface area contributed by atoms with Crippen molar-refractivity contribution >= 4 is 29.5 Å². The molecule has 1 saturated heterocycles. The third kappa shape index (κ3) is 5.90. The number of benzene rings is 2. The van der Waals surface area contributed by atoms with Crippen LogP contribution in [0.15, 0.2) is 60.7 Å². The van der Waals surface area contributed by atoms with Crippen molar-refractivity contribution in [2.45, 2.75) is 25.9 Å². The van der Waals surface area contributed by atoms with Gasteiger partial charge in [-0.25, -0.2) is 5.48 Å². The van der Waals surface area contributed by atoms with Crippen LogP contribution in [0.3, 0.4) is 0 Å². The minimum Gasteiger partial charge on any atom is -0.368 e. The second kappa shape index (κ2) is 10.2. The molecule has 1 fully saturated rings. The van der Waals surface area contributed by atoms with E-state index >= 15 is 0 Å². The van der Waals surface area contributed by atoms with Crippen LogP contribution in [0, 0.1) is 0 Å². The van der Waals surface area contributed by atoms with Gasteiger partial charge < -0.3 is 4.90 Å². The van der Waals surface area contributed by atoms with Crippen molar-refractivity contribution in [3.05, 3.63) is 77.4 Å². The standard InChI is InChI=1S/C25H29N3O3/c1-18-16-28(17-19(2)27(18)3)23-9-5-8-22(15-23)24(29)12-10-20-6-4-7-21(14-20)11-13-25(30)26-31/h4-15,18-19,31H,16-17H2,1-3H3,(H,26,30)/b12-10+,13-11+/t18-,19+. The quantitative estimate of drug-likeness (QED) is 0.324. The number of hydrogen-bond donors (Lipinski definition) is 2. The van der Waals surface area contributed by atoms with Crippen molar-refractivity contribution in [2.24, 2.45) is 0 Å². The molecule has 0 saturated carbocycles. The first-order valence-electron chi connectivity index (χ1n) is 10.4. The Morgan fingerprint density at radius 1 is 0.968 bits per heavy atom. The maximum absolute atomic E-state index is 12.8. The summed E-state index contributed by atoms with van der Waals surface area (Å²) in [6.07, 6.45) is 6.15. The van der Waals surface area contributed by atoms with Gasteiger partial charge in [0, 0.05) is 42.5 Å². The topological polar surface area (TPSA) is 72.9 Å². The average Bonchev–Trinajstić information content (AvgIpc) is 2.79. The first-order chi connectivity index (χ1) is 14.9. The largest absolute Gasteiger partial charge is 0.368 e. The lowest BCUT2D eigenvalue weighted by Crippen LogP contribution is -2.55. The lowest BCUT2D eigenvalue weighted by atomic mass is 10.0. The molecule has 1 aliphatic rings. The van der Waals surface area contributed by atoms with Gasteiger partial charge in [0.25, 0.3) is 5.91 Å². The zero-order valence-electron chi connectivity index (χ0n) is 18.2. The van der Waals surface area contributed by atoms with Crippen LogP contribution >= 0.6 is 0 Å². The summed E-state index contributed by atoms with van der Waals surface area (Å²) in [6, 6.07) is 16.1. The predicted molar refractivity (Wildman–Crippen MR) is 124 cm³/mol. The molecule has 0 unspecified atom stereocenters. The molecule has 31 heavy (non-hydrogen) atoms. The van der Waals surface area contributed by atoms with Crippen molar-refractivity contribution in [2.75, 3.05) is 25.0 Å². The smallest absolute Gasteiger partial charge is 0.267 e. The van der Waals surface area contributed by atoms with E-state index in [0.29, 0.717) is 17.6 Å². The first-order valence-corrected chi connectivity index (χ1v) is 10.4. The number of rotatable bonds is 6. The van der Waals surface area contributed by atoms with Crippen LogP contribution in [0.1, 0.15) is 35.3 Å². The number of hydroxylamine groups is 1. The second-order valence-corrected chi connectivity index (χ2v) is 8.00. The first kappa shape index (κ1) is 22.5. The number of nitrogens with zero attached hydrogens (tertiary/aromatic N) is 2. The summed E-state index contributed by atoms with van der Waals surface area (Å²) >= 11 is 0. The number of amides is 1. The Morgan fingerprint density at radius 2 is 1.58 bits per heavy atom. The molecule has 0 spiro atoms. The molecule has 3 rings (SSSR count). The molecule has 1 aliphatic heterocycles. The highest BCUT2D eigenvalue weighted by molar-refractivity contribution is 6.07. The molecule has 0 aromatic heterocycles. The van der Waals surface area contributed by atoms with Gasteiger partial charge in [-0.05, 0) is 62.4 Å². The van der Waals surface area contributed by atoms with Gasteiger partial charge in [0.2, 0.25) is 0 Å². The number of likely N-dealkylation sites (N-methyl/N-ethyl adjacent to an activating group) is 1. The Balaban J connectivity index is 1.71. The van der Waals surface area contributed by atoms with Crippen LogP contribution in [0.5, 0.6) is 0 Å². The van der Waals surface area contributed by atoms with Crippen LogP contribution in [-0.2, 0) is 4.79 Å². The fourth-order valence-corrected chi connectivity index (χ4v) is 3.71. The summed E-state index contributed by atoms with van der Waals surface area (Å²) in [4.78, 5) is 28.6. The van der Waals surface area contributed by atoms with Gasteiger partial charge >= 0.3 is 0 Å². The van der Waals surface area contributed by atoms with Gasteiger partial charge in [0.15, 0.2) is 5.78 Å². The Bertz CT molecular complexity index is 987. The minimum absolute atomic E-state index is 0.0577. The molecule has 162 valence electrons. The van der Waals surface area contributed by atoms with Crippen molar-refractivity contribution in [1.29, 1.82) is 0 Å². The molecular weight excluding hydrogens is 390 g/mol. The third-order valence-electron chi connectivity index (χ3n) is 5.73. The molecule has 2 aromatic rings. The SMILES string of the molecule is C[C@@H]1CN(c2cccc(C(=O)/C=C/c3cccc(/C=C/C(=O)NO)c3)c2)C[C@H](C)N1C. The number of anilines is 1. The summed E-state index contributed by atoms with van der Waals surface area (Å²) < 4.78 is 0. The lowest BCUT2D eigenvalue weighted by Gasteiger charge is -2.43. The number of ketones is 1. The van der Waals surface area contributed by atoms with Gasteiger partial charge in [-0.3, -0.25) is 19.7 Å². The average molecular weight is 420 g/mol. The third-order valence-corrected chi connectivity index (χ3v) is 5.73. The highest BCUT2D eigenvalue weighted by Crippen LogP contribution is 2.23. The van der Waals surface area contributed by atoms with Crippen LogP contribution in [0.2, 0.25) is 0 Å².